The lowest BCUT2D eigenvalue weighted by atomic mass is 9.82. The Hall–Kier alpha value is -2.54. The molecule has 29 heavy (non-hydrogen) atoms. The minimum atomic E-state index is -0.531. The van der Waals surface area contributed by atoms with Crippen molar-refractivity contribution in [2.75, 3.05) is 17.7 Å². The number of ether oxygens (including phenoxy) is 1. The fourth-order valence-electron chi connectivity index (χ4n) is 3.38. The molecule has 0 saturated carbocycles. The molecular formula is C22H27N3O3S. The van der Waals surface area contributed by atoms with Gasteiger partial charge in [-0.05, 0) is 32.8 Å². The minimum Gasteiger partial charge on any atom is -0.463 e. The van der Waals surface area contributed by atoms with Crippen molar-refractivity contribution in [3.63, 3.8) is 0 Å². The van der Waals surface area contributed by atoms with Gasteiger partial charge in [0.05, 0.1) is 23.7 Å². The van der Waals surface area contributed by atoms with Crippen molar-refractivity contribution in [3.8, 4) is 0 Å². The highest BCUT2D eigenvalue weighted by Gasteiger charge is 2.36. The molecule has 0 aliphatic carbocycles. The third-order valence-electron chi connectivity index (χ3n) is 4.86. The zero-order valence-electron chi connectivity index (χ0n) is 17.3. The van der Waals surface area contributed by atoms with Gasteiger partial charge in [-0.2, -0.15) is 0 Å². The molecule has 1 aliphatic rings. The number of rotatable bonds is 7. The molecule has 0 radical (unpaired) electrons. The molecule has 2 N–H and O–H groups in total. The summed E-state index contributed by atoms with van der Waals surface area (Å²) in [5.74, 6) is 0.443. The topological polar surface area (TPSA) is 84.1 Å². The molecule has 3 rings (SSSR count). The van der Waals surface area contributed by atoms with E-state index in [1.54, 1.807) is 6.92 Å². The number of aromatic nitrogens is 2. The van der Waals surface area contributed by atoms with Crippen molar-refractivity contribution >= 4 is 23.5 Å². The van der Waals surface area contributed by atoms with Crippen molar-refractivity contribution < 1.29 is 9.53 Å². The highest BCUT2D eigenvalue weighted by molar-refractivity contribution is 7.99. The van der Waals surface area contributed by atoms with Crippen molar-refractivity contribution in [1.29, 1.82) is 0 Å². The second-order valence-corrected chi connectivity index (χ2v) is 8.15. The van der Waals surface area contributed by atoms with Gasteiger partial charge in [0.1, 0.15) is 5.82 Å². The summed E-state index contributed by atoms with van der Waals surface area (Å²) < 4.78 is 5.30. The molecule has 0 bridgehead atoms. The standard InChI is InChI=1S/C22H27N3O3S/c1-5-7-12-29-22-24-19-18(20(26)25-22)17(15-10-8-13(3)9-11-15)16(14(4)23-19)21(27)28-6-2/h8-11,17H,5-7,12H2,1-4H3,(H2,23,24,25,26)/t17-/m1/s1. The van der Waals surface area contributed by atoms with Crippen molar-refractivity contribution in [2.24, 2.45) is 0 Å². The molecule has 0 spiro atoms. The first-order valence-electron chi connectivity index (χ1n) is 9.94. The van der Waals surface area contributed by atoms with Gasteiger partial charge in [-0.25, -0.2) is 9.78 Å². The van der Waals surface area contributed by atoms with E-state index in [9.17, 15) is 9.59 Å². The molecule has 2 aromatic rings. The summed E-state index contributed by atoms with van der Waals surface area (Å²) in [5, 5.41) is 3.75. The molecule has 7 heteroatoms. The van der Waals surface area contributed by atoms with Crippen LogP contribution in [0.2, 0.25) is 0 Å². The van der Waals surface area contributed by atoms with Crippen LogP contribution in [0.1, 0.15) is 56.2 Å². The van der Waals surface area contributed by atoms with Gasteiger partial charge in [-0.1, -0.05) is 54.9 Å². The van der Waals surface area contributed by atoms with E-state index >= 15 is 0 Å². The number of carbonyl (C=O) groups excluding carboxylic acids is 1. The van der Waals surface area contributed by atoms with Crippen LogP contribution in [0.15, 0.2) is 45.5 Å². The second kappa shape index (κ2) is 9.31. The van der Waals surface area contributed by atoms with E-state index in [0.717, 1.165) is 29.7 Å². The van der Waals surface area contributed by atoms with E-state index in [-0.39, 0.29) is 12.2 Å². The summed E-state index contributed by atoms with van der Waals surface area (Å²) in [4.78, 5) is 33.4. The monoisotopic (exact) mass is 413 g/mol. The van der Waals surface area contributed by atoms with Gasteiger partial charge < -0.3 is 15.0 Å². The summed E-state index contributed by atoms with van der Waals surface area (Å²) in [6.07, 6.45) is 2.14. The van der Waals surface area contributed by atoms with Crippen LogP contribution in [0.25, 0.3) is 0 Å². The molecule has 1 aromatic carbocycles. The third-order valence-corrected chi connectivity index (χ3v) is 5.82. The summed E-state index contributed by atoms with van der Waals surface area (Å²) >= 11 is 1.53. The van der Waals surface area contributed by atoms with Crippen LogP contribution in [0.4, 0.5) is 5.82 Å². The van der Waals surface area contributed by atoms with Gasteiger partial charge in [0.25, 0.3) is 5.56 Å². The summed E-state index contributed by atoms with van der Waals surface area (Å²) in [7, 11) is 0. The van der Waals surface area contributed by atoms with Gasteiger partial charge in [0.2, 0.25) is 0 Å². The number of fused-ring (bicyclic) bond motifs is 1. The molecule has 0 amide bonds. The Morgan fingerprint density at radius 2 is 1.93 bits per heavy atom. The molecule has 0 fully saturated rings. The van der Waals surface area contributed by atoms with Crippen LogP contribution in [-0.2, 0) is 9.53 Å². The van der Waals surface area contributed by atoms with E-state index < -0.39 is 11.9 Å². The molecular weight excluding hydrogens is 386 g/mol. The molecule has 0 unspecified atom stereocenters. The molecule has 1 aromatic heterocycles. The number of nitrogens with one attached hydrogen (secondary N) is 2. The first kappa shape index (κ1) is 21.2. The van der Waals surface area contributed by atoms with E-state index in [0.29, 0.717) is 27.8 Å². The SMILES string of the molecule is CCCCSc1nc2c(c(=O)[nH]1)[C@H](c1ccc(C)cc1)C(C(=O)OCC)=C(C)N2. The maximum Gasteiger partial charge on any atom is 0.336 e. The Balaban J connectivity index is 2.12. The van der Waals surface area contributed by atoms with Gasteiger partial charge in [0.15, 0.2) is 5.16 Å². The first-order chi connectivity index (χ1) is 14.0. The maximum atomic E-state index is 13.1. The van der Waals surface area contributed by atoms with Gasteiger partial charge in [0, 0.05) is 11.4 Å². The number of aromatic amines is 1. The number of hydrogen-bond acceptors (Lipinski definition) is 6. The minimum absolute atomic E-state index is 0.235. The smallest absolute Gasteiger partial charge is 0.336 e. The summed E-state index contributed by atoms with van der Waals surface area (Å²) in [5.41, 5.74) is 3.28. The van der Waals surface area contributed by atoms with Crippen LogP contribution in [0.5, 0.6) is 0 Å². The molecule has 1 atom stereocenters. The highest BCUT2D eigenvalue weighted by atomic mass is 32.2. The molecule has 154 valence electrons. The lowest BCUT2D eigenvalue weighted by molar-refractivity contribution is -0.138. The number of aryl methyl sites for hydroxylation is 1. The Labute approximate surface area is 175 Å². The van der Waals surface area contributed by atoms with Crippen LogP contribution < -0.4 is 10.9 Å². The number of esters is 1. The lowest BCUT2D eigenvalue weighted by Crippen LogP contribution is -2.31. The molecule has 0 saturated heterocycles. The second-order valence-electron chi connectivity index (χ2n) is 7.06. The number of H-pyrrole nitrogens is 1. The predicted octanol–water partition coefficient (Wildman–Crippen LogP) is 4.37. The number of thioether (sulfide) groups is 1. The number of carbonyl (C=O) groups is 1. The molecule has 1 aliphatic heterocycles. The molecule has 6 nitrogen and oxygen atoms in total. The number of hydrogen-bond donors (Lipinski definition) is 2. The highest BCUT2D eigenvalue weighted by Crippen LogP contribution is 2.40. The van der Waals surface area contributed by atoms with Gasteiger partial charge in [-0.15, -0.1) is 0 Å². The number of anilines is 1. The Kier molecular flexibility index (Phi) is 6.79. The predicted molar refractivity (Wildman–Crippen MR) is 116 cm³/mol. The van der Waals surface area contributed by atoms with Crippen LogP contribution >= 0.6 is 11.8 Å². The number of allylic oxidation sites excluding steroid dienone is 1. The number of unbranched alkanes of at least 4 members (excludes halogenated alkanes) is 1. The summed E-state index contributed by atoms with van der Waals surface area (Å²) in [6.45, 7) is 7.99. The van der Waals surface area contributed by atoms with Gasteiger partial charge in [-0.3, -0.25) is 4.79 Å². The third kappa shape index (κ3) is 4.56. The zero-order valence-corrected chi connectivity index (χ0v) is 18.1. The lowest BCUT2D eigenvalue weighted by Gasteiger charge is -2.28. The largest absolute Gasteiger partial charge is 0.463 e. The Morgan fingerprint density at radius 3 is 2.59 bits per heavy atom. The maximum absolute atomic E-state index is 13.1. The first-order valence-corrected chi connectivity index (χ1v) is 10.9. The average Bonchev–Trinajstić information content (AvgIpc) is 2.68. The van der Waals surface area contributed by atoms with Crippen LogP contribution in [-0.4, -0.2) is 28.3 Å². The van der Waals surface area contributed by atoms with E-state index in [1.807, 2.05) is 38.1 Å². The normalized spacial score (nSPS) is 15.7. The average molecular weight is 414 g/mol. The Morgan fingerprint density at radius 1 is 1.21 bits per heavy atom. The van der Waals surface area contributed by atoms with E-state index in [1.165, 1.54) is 11.8 Å². The van der Waals surface area contributed by atoms with Crippen LogP contribution in [0.3, 0.4) is 0 Å². The Bertz CT molecular complexity index is 980. The molecule has 2 heterocycles. The quantitative estimate of drug-likeness (QED) is 0.304. The number of benzene rings is 1. The fraction of sp³-hybridized carbons (Fsp3) is 0.409. The van der Waals surface area contributed by atoms with E-state index in [4.69, 9.17) is 4.74 Å². The summed E-state index contributed by atoms with van der Waals surface area (Å²) in [6, 6.07) is 7.85. The number of nitrogens with zero attached hydrogens (tertiary/aromatic N) is 1. The van der Waals surface area contributed by atoms with Crippen molar-refractivity contribution in [3.05, 3.63) is 62.6 Å². The zero-order chi connectivity index (χ0) is 21.0. The van der Waals surface area contributed by atoms with Gasteiger partial charge >= 0.3 is 5.97 Å². The van der Waals surface area contributed by atoms with E-state index in [2.05, 4.69) is 22.2 Å². The fourth-order valence-corrected chi connectivity index (χ4v) is 4.33. The van der Waals surface area contributed by atoms with Crippen molar-refractivity contribution in [2.45, 2.75) is 51.6 Å². The van der Waals surface area contributed by atoms with Crippen molar-refractivity contribution in [1.82, 2.24) is 9.97 Å². The van der Waals surface area contributed by atoms with Crippen LogP contribution in [0, 0.1) is 6.92 Å².